The van der Waals surface area contributed by atoms with Crippen LogP contribution in [-0.2, 0) is 4.74 Å². The van der Waals surface area contributed by atoms with E-state index >= 15 is 0 Å². The molecule has 5 heteroatoms. The Kier molecular flexibility index (Phi) is 5.44. The molecular weight excluding hydrogens is 241 g/mol. The minimum absolute atomic E-state index is 0.0532. The van der Waals surface area contributed by atoms with Crippen LogP contribution in [0.2, 0.25) is 0 Å². The fourth-order valence-electron chi connectivity index (χ4n) is 1.43. The summed E-state index contributed by atoms with van der Waals surface area (Å²) in [6.07, 6.45) is 0.723. The smallest absolute Gasteiger partial charge is 0.256 e. The lowest BCUT2D eigenvalue weighted by Gasteiger charge is -2.17. The van der Waals surface area contributed by atoms with Crippen molar-refractivity contribution in [2.24, 2.45) is 0 Å². The van der Waals surface area contributed by atoms with Gasteiger partial charge in [-0.2, -0.15) is 0 Å². The summed E-state index contributed by atoms with van der Waals surface area (Å²) in [5.74, 6) is -0.860. The first kappa shape index (κ1) is 14.0. The zero-order valence-corrected chi connectivity index (χ0v) is 10.8. The van der Waals surface area contributed by atoms with Crippen molar-refractivity contribution in [3.63, 3.8) is 0 Å². The summed E-state index contributed by atoms with van der Waals surface area (Å²) in [5, 5.41) is 0. The lowest BCUT2D eigenvalue weighted by Crippen LogP contribution is -2.29. The number of methoxy groups -OCH3 is 1. The fourth-order valence-corrected chi connectivity index (χ4v) is 1.63. The molecule has 0 aromatic heterocycles. The molecule has 0 fully saturated rings. The lowest BCUT2D eigenvalue weighted by atomic mass is 10.2. The predicted molar refractivity (Wildman–Crippen MR) is 67.1 cm³/mol. The van der Waals surface area contributed by atoms with Gasteiger partial charge < -0.3 is 9.64 Å². The molecule has 1 aromatic rings. The third kappa shape index (κ3) is 4.02. The molecule has 0 aliphatic heterocycles. The predicted octanol–water partition coefficient (Wildman–Crippen LogP) is 2.22. The van der Waals surface area contributed by atoms with Gasteiger partial charge >= 0.3 is 0 Å². The Morgan fingerprint density at radius 1 is 1.53 bits per heavy atom. The summed E-state index contributed by atoms with van der Waals surface area (Å²) in [4.78, 5) is 14.0. The topological polar surface area (TPSA) is 29.5 Å². The standard InChI is InChI=1S/C12H16FNO2S/c1-14(6-3-7-16-2)12(15)10-8-9(17)4-5-11(10)13/h4-5,8,17H,3,6-7H2,1-2H3. The van der Waals surface area contributed by atoms with E-state index in [0.29, 0.717) is 18.0 Å². The first-order valence-electron chi connectivity index (χ1n) is 5.29. The lowest BCUT2D eigenvalue weighted by molar-refractivity contribution is 0.0774. The number of benzene rings is 1. The number of hydrogen-bond acceptors (Lipinski definition) is 3. The number of rotatable bonds is 5. The van der Waals surface area contributed by atoms with Crippen molar-refractivity contribution in [2.45, 2.75) is 11.3 Å². The van der Waals surface area contributed by atoms with Crippen LogP contribution >= 0.6 is 12.6 Å². The zero-order valence-electron chi connectivity index (χ0n) is 9.94. The van der Waals surface area contributed by atoms with E-state index in [0.717, 1.165) is 6.42 Å². The Balaban J connectivity index is 2.71. The van der Waals surface area contributed by atoms with Crippen molar-refractivity contribution >= 4 is 18.5 Å². The number of ether oxygens (including phenoxy) is 1. The van der Waals surface area contributed by atoms with E-state index in [4.69, 9.17) is 4.74 Å². The van der Waals surface area contributed by atoms with Gasteiger partial charge in [0.15, 0.2) is 0 Å². The van der Waals surface area contributed by atoms with Gasteiger partial charge in [-0.1, -0.05) is 0 Å². The second-order valence-corrected chi connectivity index (χ2v) is 4.25. The molecule has 94 valence electrons. The molecule has 1 amide bonds. The van der Waals surface area contributed by atoms with Crippen LogP contribution in [0.25, 0.3) is 0 Å². The number of carbonyl (C=O) groups is 1. The van der Waals surface area contributed by atoms with Crippen molar-refractivity contribution < 1.29 is 13.9 Å². The van der Waals surface area contributed by atoms with Gasteiger partial charge in [-0.25, -0.2) is 4.39 Å². The van der Waals surface area contributed by atoms with Crippen LogP contribution in [0, 0.1) is 5.82 Å². The van der Waals surface area contributed by atoms with Gasteiger partial charge in [-0.3, -0.25) is 4.79 Å². The van der Waals surface area contributed by atoms with E-state index in [1.165, 1.54) is 23.1 Å². The summed E-state index contributed by atoms with van der Waals surface area (Å²) < 4.78 is 18.4. The van der Waals surface area contributed by atoms with Gasteiger partial charge in [0.05, 0.1) is 5.56 Å². The first-order valence-corrected chi connectivity index (χ1v) is 5.74. The van der Waals surface area contributed by atoms with Crippen LogP contribution < -0.4 is 0 Å². The summed E-state index contributed by atoms with van der Waals surface area (Å²) >= 11 is 4.09. The highest BCUT2D eigenvalue weighted by Crippen LogP contribution is 2.15. The monoisotopic (exact) mass is 257 g/mol. The van der Waals surface area contributed by atoms with Crippen LogP contribution in [0.3, 0.4) is 0 Å². The van der Waals surface area contributed by atoms with Crippen LogP contribution in [0.4, 0.5) is 4.39 Å². The van der Waals surface area contributed by atoms with Crippen molar-refractivity contribution in [1.82, 2.24) is 4.90 Å². The third-order valence-corrected chi connectivity index (χ3v) is 2.65. The molecule has 0 aliphatic carbocycles. The molecule has 0 saturated heterocycles. The number of carbonyl (C=O) groups excluding carboxylic acids is 1. The number of thiol groups is 1. The molecule has 0 N–H and O–H groups in total. The largest absolute Gasteiger partial charge is 0.385 e. The molecule has 0 saturated carbocycles. The van der Waals surface area contributed by atoms with E-state index in [1.54, 1.807) is 14.2 Å². The molecular formula is C12H16FNO2S. The molecule has 0 spiro atoms. The molecule has 17 heavy (non-hydrogen) atoms. The van der Waals surface area contributed by atoms with E-state index in [1.807, 2.05) is 0 Å². The fraction of sp³-hybridized carbons (Fsp3) is 0.417. The second kappa shape index (κ2) is 6.61. The van der Waals surface area contributed by atoms with Gasteiger partial charge in [0.1, 0.15) is 5.82 Å². The van der Waals surface area contributed by atoms with E-state index in [-0.39, 0.29) is 11.5 Å². The summed E-state index contributed by atoms with van der Waals surface area (Å²) in [5.41, 5.74) is 0.0532. The third-order valence-electron chi connectivity index (χ3n) is 2.37. The normalized spacial score (nSPS) is 10.4. The molecule has 0 unspecified atom stereocenters. The molecule has 3 nitrogen and oxygen atoms in total. The number of nitrogens with zero attached hydrogens (tertiary/aromatic N) is 1. The molecule has 0 atom stereocenters. The molecule has 1 rings (SSSR count). The summed E-state index contributed by atoms with van der Waals surface area (Å²) in [6.45, 7) is 1.11. The van der Waals surface area contributed by atoms with Crippen molar-refractivity contribution in [3.05, 3.63) is 29.6 Å². The highest BCUT2D eigenvalue weighted by atomic mass is 32.1. The minimum Gasteiger partial charge on any atom is -0.385 e. The number of amides is 1. The molecule has 0 heterocycles. The van der Waals surface area contributed by atoms with Crippen LogP contribution in [0.15, 0.2) is 23.1 Å². The van der Waals surface area contributed by atoms with Crippen molar-refractivity contribution in [1.29, 1.82) is 0 Å². The highest BCUT2D eigenvalue weighted by molar-refractivity contribution is 7.80. The summed E-state index contributed by atoms with van der Waals surface area (Å²) in [6, 6.07) is 4.20. The Bertz CT molecular complexity index is 398. The zero-order chi connectivity index (χ0) is 12.8. The molecule has 1 aromatic carbocycles. The van der Waals surface area contributed by atoms with Gasteiger partial charge in [0.2, 0.25) is 0 Å². The Morgan fingerprint density at radius 3 is 2.88 bits per heavy atom. The summed E-state index contributed by atoms with van der Waals surface area (Å²) in [7, 11) is 3.24. The van der Waals surface area contributed by atoms with Crippen LogP contribution in [-0.4, -0.2) is 38.1 Å². The first-order chi connectivity index (χ1) is 8.06. The highest BCUT2D eigenvalue weighted by Gasteiger charge is 2.15. The van der Waals surface area contributed by atoms with Crippen LogP contribution in [0.1, 0.15) is 16.8 Å². The maximum absolute atomic E-state index is 13.5. The molecule has 0 bridgehead atoms. The maximum Gasteiger partial charge on any atom is 0.256 e. The van der Waals surface area contributed by atoms with Gasteiger partial charge in [0, 0.05) is 32.2 Å². The Hall–Kier alpha value is -1.07. The van der Waals surface area contributed by atoms with Crippen molar-refractivity contribution in [3.8, 4) is 0 Å². The number of halogens is 1. The SMILES string of the molecule is COCCCN(C)C(=O)c1cc(S)ccc1F. The maximum atomic E-state index is 13.5. The van der Waals surface area contributed by atoms with Gasteiger partial charge in [-0.05, 0) is 24.6 Å². The number of hydrogen-bond donors (Lipinski definition) is 1. The Labute approximate surface area is 106 Å². The Morgan fingerprint density at radius 2 is 2.24 bits per heavy atom. The average Bonchev–Trinajstić information content (AvgIpc) is 2.31. The van der Waals surface area contributed by atoms with Crippen LogP contribution in [0.5, 0.6) is 0 Å². The van der Waals surface area contributed by atoms with Crippen molar-refractivity contribution in [2.75, 3.05) is 27.3 Å². The quantitative estimate of drug-likeness (QED) is 0.647. The van der Waals surface area contributed by atoms with Gasteiger partial charge in [0.25, 0.3) is 5.91 Å². The second-order valence-electron chi connectivity index (χ2n) is 3.74. The average molecular weight is 257 g/mol. The van der Waals surface area contributed by atoms with E-state index < -0.39 is 5.82 Å². The van der Waals surface area contributed by atoms with Gasteiger partial charge in [-0.15, -0.1) is 12.6 Å². The molecule has 0 radical (unpaired) electrons. The van der Waals surface area contributed by atoms with E-state index in [9.17, 15) is 9.18 Å². The van der Waals surface area contributed by atoms with E-state index in [2.05, 4.69) is 12.6 Å². The molecule has 0 aliphatic rings. The minimum atomic E-state index is -0.522.